The molecule has 0 bridgehead atoms. The number of phenols is 1. The number of benzene rings is 1. The third-order valence-corrected chi connectivity index (χ3v) is 3.69. The topological polar surface area (TPSA) is 94.4 Å². The molecule has 1 heterocycles. The van der Waals surface area contributed by atoms with E-state index in [1.165, 1.54) is 32.7 Å². The number of esters is 2. The summed E-state index contributed by atoms with van der Waals surface area (Å²) in [5, 5.41) is 9.86. The number of hydrogen-bond acceptors (Lipinski definition) is 7. The monoisotopic (exact) mass is 333 g/mol. The summed E-state index contributed by atoms with van der Waals surface area (Å²) in [6, 6.07) is 4.67. The van der Waals surface area contributed by atoms with Gasteiger partial charge in [0.15, 0.2) is 11.5 Å². The maximum atomic E-state index is 12.1. The van der Waals surface area contributed by atoms with Gasteiger partial charge in [0.1, 0.15) is 5.92 Å². The van der Waals surface area contributed by atoms with Crippen LogP contribution in [0.5, 0.6) is 11.5 Å². The highest BCUT2D eigenvalue weighted by molar-refractivity contribution is 5.99. The molecule has 0 amide bonds. The number of rotatable bonds is 5. The van der Waals surface area contributed by atoms with Crippen molar-refractivity contribution in [3.8, 4) is 11.5 Å². The molecule has 0 spiro atoms. The fraction of sp³-hybridized carbons (Fsp3) is 0.353. The van der Waals surface area contributed by atoms with Gasteiger partial charge in [0.25, 0.3) is 0 Å². The highest BCUT2D eigenvalue weighted by Crippen LogP contribution is 2.39. The van der Waals surface area contributed by atoms with Crippen molar-refractivity contribution in [2.24, 2.45) is 10.9 Å². The number of aromatic hydroxyl groups is 1. The fourth-order valence-electron chi connectivity index (χ4n) is 2.59. The lowest BCUT2D eigenvalue weighted by Crippen LogP contribution is -2.31. The Labute approximate surface area is 139 Å². The highest BCUT2D eigenvalue weighted by Gasteiger charge is 2.37. The van der Waals surface area contributed by atoms with E-state index >= 15 is 0 Å². The van der Waals surface area contributed by atoms with E-state index in [9.17, 15) is 14.7 Å². The molecule has 7 heteroatoms. The molecule has 0 fully saturated rings. The van der Waals surface area contributed by atoms with Gasteiger partial charge >= 0.3 is 11.9 Å². The van der Waals surface area contributed by atoms with Crippen LogP contribution < -0.4 is 4.74 Å². The van der Waals surface area contributed by atoms with Crippen LogP contribution in [0.3, 0.4) is 0 Å². The third kappa shape index (κ3) is 3.40. The minimum Gasteiger partial charge on any atom is -0.504 e. The third-order valence-electron chi connectivity index (χ3n) is 3.69. The molecule has 24 heavy (non-hydrogen) atoms. The Kier molecular flexibility index (Phi) is 5.57. The van der Waals surface area contributed by atoms with E-state index in [2.05, 4.69) is 4.99 Å². The van der Waals surface area contributed by atoms with Gasteiger partial charge in [-0.25, -0.2) is 4.79 Å². The molecule has 0 saturated heterocycles. The van der Waals surface area contributed by atoms with Crippen LogP contribution in [0.1, 0.15) is 18.4 Å². The zero-order valence-corrected chi connectivity index (χ0v) is 13.7. The van der Waals surface area contributed by atoms with Crippen molar-refractivity contribution in [1.82, 2.24) is 0 Å². The molecule has 7 nitrogen and oxygen atoms in total. The number of carbonyl (C=O) groups excluding carboxylic acids is 2. The number of phenolic OH excluding ortho intramolecular Hbond substituents is 1. The number of methoxy groups -OCH3 is 2. The summed E-state index contributed by atoms with van der Waals surface area (Å²) < 4.78 is 15.0. The van der Waals surface area contributed by atoms with E-state index < -0.39 is 23.8 Å². The van der Waals surface area contributed by atoms with Gasteiger partial charge < -0.3 is 19.3 Å². The van der Waals surface area contributed by atoms with Crippen molar-refractivity contribution in [1.29, 1.82) is 0 Å². The van der Waals surface area contributed by atoms with Crippen molar-refractivity contribution < 1.29 is 28.9 Å². The first-order valence-corrected chi connectivity index (χ1v) is 7.38. The number of hydrogen-bond donors (Lipinski definition) is 1. The molecular weight excluding hydrogens is 314 g/mol. The van der Waals surface area contributed by atoms with Gasteiger partial charge in [-0.2, -0.15) is 0 Å². The molecule has 0 aromatic heterocycles. The van der Waals surface area contributed by atoms with E-state index in [-0.39, 0.29) is 17.1 Å². The summed E-state index contributed by atoms with van der Waals surface area (Å²) in [5.74, 6) is -2.30. The summed E-state index contributed by atoms with van der Waals surface area (Å²) in [7, 11) is 2.53. The molecule has 1 aliphatic rings. The predicted octanol–water partition coefficient (Wildman–Crippen LogP) is 1.81. The van der Waals surface area contributed by atoms with Gasteiger partial charge in [0.2, 0.25) is 0 Å². The molecule has 1 aromatic rings. The summed E-state index contributed by atoms with van der Waals surface area (Å²) in [5.41, 5.74) is 0.831. The predicted molar refractivity (Wildman–Crippen MR) is 86.1 cm³/mol. The van der Waals surface area contributed by atoms with Gasteiger partial charge in [0.05, 0.1) is 26.4 Å². The Bertz CT molecular complexity index is 694. The molecule has 0 aliphatic carbocycles. The van der Waals surface area contributed by atoms with Gasteiger partial charge in [0, 0.05) is 18.3 Å². The SMILES string of the molecule is CCOc1cc([C@@H]2C(C(=O)OC)=CN=CC2C(=O)OC)ccc1O. The minimum atomic E-state index is -0.784. The molecule has 2 rings (SSSR count). The van der Waals surface area contributed by atoms with Crippen LogP contribution in [-0.4, -0.2) is 44.1 Å². The van der Waals surface area contributed by atoms with Crippen molar-refractivity contribution in [3.05, 3.63) is 35.5 Å². The second-order valence-electron chi connectivity index (χ2n) is 5.06. The summed E-state index contributed by atoms with van der Waals surface area (Å²) >= 11 is 0. The zero-order chi connectivity index (χ0) is 17.7. The lowest BCUT2D eigenvalue weighted by atomic mass is 9.79. The first-order chi connectivity index (χ1) is 11.5. The van der Waals surface area contributed by atoms with E-state index in [1.807, 2.05) is 0 Å². The first kappa shape index (κ1) is 17.5. The Morgan fingerprint density at radius 3 is 2.62 bits per heavy atom. The second kappa shape index (κ2) is 7.63. The summed E-state index contributed by atoms with van der Waals surface area (Å²) in [6.07, 6.45) is 2.79. The smallest absolute Gasteiger partial charge is 0.335 e. The summed E-state index contributed by atoms with van der Waals surface area (Å²) in [6.45, 7) is 2.15. The fourth-order valence-corrected chi connectivity index (χ4v) is 2.59. The molecule has 2 atom stereocenters. The number of aliphatic imine (C=N–C) groups is 1. The average Bonchev–Trinajstić information content (AvgIpc) is 2.61. The van der Waals surface area contributed by atoms with Crippen molar-refractivity contribution >= 4 is 18.2 Å². The molecule has 0 saturated carbocycles. The van der Waals surface area contributed by atoms with E-state index in [0.29, 0.717) is 12.2 Å². The number of ether oxygens (including phenoxy) is 3. The maximum absolute atomic E-state index is 12.1. The first-order valence-electron chi connectivity index (χ1n) is 7.38. The van der Waals surface area contributed by atoms with Crippen LogP contribution >= 0.6 is 0 Å². The van der Waals surface area contributed by atoms with Crippen LogP contribution in [-0.2, 0) is 19.1 Å². The largest absolute Gasteiger partial charge is 0.504 e. The molecule has 1 aliphatic heterocycles. The van der Waals surface area contributed by atoms with Gasteiger partial charge in [-0.15, -0.1) is 0 Å². The van der Waals surface area contributed by atoms with Gasteiger partial charge in [-0.3, -0.25) is 9.79 Å². The average molecular weight is 333 g/mol. The molecule has 1 aromatic carbocycles. The molecule has 128 valence electrons. The Hall–Kier alpha value is -2.83. The second-order valence-corrected chi connectivity index (χ2v) is 5.06. The van der Waals surface area contributed by atoms with Crippen molar-refractivity contribution in [3.63, 3.8) is 0 Å². The van der Waals surface area contributed by atoms with Gasteiger partial charge in [-0.05, 0) is 24.6 Å². The van der Waals surface area contributed by atoms with Crippen LogP contribution in [0.2, 0.25) is 0 Å². The van der Waals surface area contributed by atoms with Crippen LogP contribution in [0, 0.1) is 5.92 Å². The Balaban J connectivity index is 2.52. The maximum Gasteiger partial charge on any atom is 0.335 e. The van der Waals surface area contributed by atoms with Crippen LogP contribution in [0.25, 0.3) is 0 Å². The minimum absolute atomic E-state index is 0.0247. The molecule has 1 N–H and O–H groups in total. The zero-order valence-electron chi connectivity index (χ0n) is 13.7. The van der Waals surface area contributed by atoms with Crippen molar-refractivity contribution in [2.75, 3.05) is 20.8 Å². The quantitative estimate of drug-likeness (QED) is 0.826. The van der Waals surface area contributed by atoms with E-state index in [4.69, 9.17) is 14.2 Å². The molecular formula is C17H19NO6. The normalized spacial score (nSPS) is 19.4. The lowest BCUT2D eigenvalue weighted by molar-refractivity contribution is -0.143. The Morgan fingerprint density at radius 2 is 2.00 bits per heavy atom. The van der Waals surface area contributed by atoms with E-state index in [0.717, 1.165) is 0 Å². The van der Waals surface area contributed by atoms with E-state index in [1.54, 1.807) is 19.1 Å². The highest BCUT2D eigenvalue weighted by atomic mass is 16.5. The lowest BCUT2D eigenvalue weighted by Gasteiger charge is -2.26. The standard InChI is InChI=1S/C17H19NO6/c1-4-24-14-7-10(5-6-13(14)19)15-11(16(20)22-2)8-18-9-12(15)17(21)23-3/h5-9,11,15,19H,4H2,1-3H3/t11?,15-/m0/s1. The molecule has 0 radical (unpaired) electrons. The summed E-state index contributed by atoms with van der Waals surface area (Å²) in [4.78, 5) is 28.2. The van der Waals surface area contributed by atoms with Crippen LogP contribution in [0.15, 0.2) is 35.0 Å². The Morgan fingerprint density at radius 1 is 1.25 bits per heavy atom. The van der Waals surface area contributed by atoms with Gasteiger partial charge in [-0.1, -0.05) is 6.07 Å². The number of carbonyl (C=O) groups is 2. The van der Waals surface area contributed by atoms with Crippen molar-refractivity contribution in [2.45, 2.75) is 12.8 Å². The van der Waals surface area contributed by atoms with Crippen LogP contribution in [0.4, 0.5) is 0 Å². The number of nitrogens with zero attached hydrogens (tertiary/aromatic N) is 1. The molecule has 1 unspecified atom stereocenters.